The van der Waals surface area contributed by atoms with Crippen molar-refractivity contribution in [2.75, 3.05) is 34.5 Å². The number of aromatic nitrogens is 1. The van der Waals surface area contributed by atoms with E-state index in [0.717, 1.165) is 45.0 Å². The number of thiophene rings is 1. The lowest BCUT2D eigenvalue weighted by molar-refractivity contribution is -0.117. The van der Waals surface area contributed by atoms with E-state index in [1.165, 1.54) is 32.8 Å². The molecule has 0 bridgehead atoms. The maximum Gasteiger partial charge on any atom is 0.235 e. The number of halogens is 2. The van der Waals surface area contributed by atoms with E-state index in [1.54, 1.807) is 40.6 Å². The van der Waals surface area contributed by atoms with E-state index in [9.17, 15) is 9.18 Å². The quantitative estimate of drug-likeness (QED) is 0.134. The summed E-state index contributed by atoms with van der Waals surface area (Å²) in [4.78, 5) is 23.4. The van der Waals surface area contributed by atoms with Gasteiger partial charge in [0, 0.05) is 49.6 Å². The summed E-state index contributed by atoms with van der Waals surface area (Å²) in [6.07, 6.45) is 1.88. The highest BCUT2D eigenvalue weighted by Gasteiger charge is 2.22. The summed E-state index contributed by atoms with van der Waals surface area (Å²) in [6, 6.07) is 30.5. The van der Waals surface area contributed by atoms with E-state index in [1.807, 2.05) is 50.2 Å². The second-order valence-corrected chi connectivity index (χ2v) is 13.6. The van der Waals surface area contributed by atoms with Crippen LogP contribution < -0.4 is 20.4 Å². The van der Waals surface area contributed by atoms with Gasteiger partial charge in [0.05, 0.1) is 28.2 Å². The third-order valence-corrected chi connectivity index (χ3v) is 9.60. The van der Waals surface area contributed by atoms with Crippen LogP contribution in [-0.2, 0) is 24.3 Å². The van der Waals surface area contributed by atoms with Crippen molar-refractivity contribution in [3.05, 3.63) is 141 Å². The van der Waals surface area contributed by atoms with Gasteiger partial charge in [-0.05, 0) is 108 Å². The van der Waals surface area contributed by atoms with Gasteiger partial charge >= 0.3 is 0 Å². The van der Waals surface area contributed by atoms with Crippen molar-refractivity contribution >= 4 is 67.4 Å². The molecule has 0 aliphatic heterocycles. The number of hydrogen-bond donors (Lipinski definition) is 2. The largest absolute Gasteiger partial charge is 0.381 e. The summed E-state index contributed by atoms with van der Waals surface area (Å²) in [5, 5.41) is 8.71. The lowest BCUT2D eigenvalue weighted by Gasteiger charge is -2.27. The van der Waals surface area contributed by atoms with Crippen molar-refractivity contribution in [3.8, 4) is 0 Å². The second-order valence-electron chi connectivity index (χ2n) is 12.0. The highest BCUT2D eigenvalue weighted by atomic mass is 35.5. The van der Waals surface area contributed by atoms with Gasteiger partial charge in [-0.15, -0.1) is 11.3 Å². The highest BCUT2D eigenvalue weighted by Crippen LogP contribution is 2.36. The van der Waals surface area contributed by atoms with Crippen molar-refractivity contribution in [1.82, 2.24) is 4.98 Å². The topological polar surface area (TPSA) is 60.5 Å². The standard InChI is InChI=1S/C39H37ClFN5OS/c1-25-18-31(42-22-28-10-17-37(40)44-23-28)13-15-34(25)46(38(47)20-27-8-11-30(41)12-9-27)35-16-14-32(19-26(35)2)43-24-33-21-29-6-5-7-36(45(3)4)39(29)48-33/h5-19,21,23,42-43H,20,22,24H2,1-4H3. The molecule has 0 spiro atoms. The Morgan fingerprint density at radius 3 is 2.04 bits per heavy atom. The third-order valence-electron chi connectivity index (χ3n) is 8.20. The van der Waals surface area contributed by atoms with Crippen molar-refractivity contribution < 1.29 is 9.18 Å². The predicted molar refractivity (Wildman–Crippen MR) is 200 cm³/mol. The summed E-state index contributed by atoms with van der Waals surface area (Å²) in [7, 11) is 4.14. The fraction of sp³-hybridized carbons (Fsp3) is 0.179. The van der Waals surface area contributed by atoms with Gasteiger partial charge in [-0.3, -0.25) is 9.69 Å². The predicted octanol–water partition coefficient (Wildman–Crippen LogP) is 9.90. The molecule has 2 aromatic heterocycles. The lowest BCUT2D eigenvalue weighted by atomic mass is 10.1. The Hall–Kier alpha value is -4.92. The number of amides is 1. The monoisotopic (exact) mass is 677 g/mol. The Morgan fingerprint density at radius 1 is 0.792 bits per heavy atom. The molecule has 0 saturated carbocycles. The molecule has 9 heteroatoms. The number of pyridine rings is 1. The molecule has 6 rings (SSSR count). The van der Waals surface area contributed by atoms with Crippen LogP contribution in [0.1, 0.15) is 27.1 Å². The Kier molecular flexibility index (Phi) is 9.94. The first kappa shape index (κ1) is 33.0. The van der Waals surface area contributed by atoms with Crippen molar-refractivity contribution in [3.63, 3.8) is 0 Å². The Balaban J connectivity index is 1.25. The van der Waals surface area contributed by atoms with Gasteiger partial charge in [0.2, 0.25) is 5.91 Å². The molecule has 0 unspecified atom stereocenters. The number of aryl methyl sites for hydroxylation is 2. The Labute approximate surface area is 289 Å². The fourth-order valence-electron chi connectivity index (χ4n) is 5.73. The summed E-state index contributed by atoms with van der Waals surface area (Å²) in [5.41, 5.74) is 8.33. The van der Waals surface area contributed by atoms with Gasteiger partial charge in [0.25, 0.3) is 0 Å². The molecule has 0 aliphatic rings. The SMILES string of the molecule is Cc1cc(NCc2ccc(Cl)nc2)ccc1N(C(=O)Cc1ccc(F)cc1)c1ccc(NCc2cc3cccc(N(C)C)c3s2)cc1C. The molecule has 48 heavy (non-hydrogen) atoms. The number of carbonyl (C=O) groups is 1. The minimum Gasteiger partial charge on any atom is -0.381 e. The highest BCUT2D eigenvalue weighted by molar-refractivity contribution is 7.19. The zero-order chi connectivity index (χ0) is 33.8. The molecule has 2 heterocycles. The maximum absolute atomic E-state index is 14.1. The van der Waals surface area contributed by atoms with E-state index in [-0.39, 0.29) is 18.1 Å². The van der Waals surface area contributed by atoms with E-state index in [4.69, 9.17) is 11.6 Å². The lowest BCUT2D eigenvalue weighted by Crippen LogP contribution is -2.29. The molecule has 2 N–H and O–H groups in total. The average molecular weight is 678 g/mol. The number of carbonyl (C=O) groups excluding carboxylic acids is 1. The zero-order valence-electron chi connectivity index (χ0n) is 27.4. The van der Waals surface area contributed by atoms with Crippen molar-refractivity contribution in [2.24, 2.45) is 0 Å². The van der Waals surface area contributed by atoms with Gasteiger partial charge in [0.15, 0.2) is 0 Å². The van der Waals surface area contributed by atoms with E-state index < -0.39 is 0 Å². The molecule has 0 fully saturated rings. The first-order valence-electron chi connectivity index (χ1n) is 15.7. The van der Waals surface area contributed by atoms with Crippen LogP contribution in [0.25, 0.3) is 10.1 Å². The number of nitrogens with zero attached hydrogens (tertiary/aromatic N) is 3. The van der Waals surface area contributed by atoms with Gasteiger partial charge < -0.3 is 15.5 Å². The van der Waals surface area contributed by atoms with Crippen LogP contribution in [0, 0.1) is 19.7 Å². The summed E-state index contributed by atoms with van der Waals surface area (Å²) < 4.78 is 14.9. The van der Waals surface area contributed by atoms with Crippen LogP contribution in [0.5, 0.6) is 0 Å². The number of rotatable bonds is 11. The molecule has 6 nitrogen and oxygen atoms in total. The smallest absolute Gasteiger partial charge is 0.235 e. The molecular weight excluding hydrogens is 641 g/mol. The summed E-state index contributed by atoms with van der Waals surface area (Å²) in [6.45, 7) is 5.30. The fourth-order valence-corrected chi connectivity index (χ4v) is 7.04. The minimum absolute atomic E-state index is 0.108. The van der Waals surface area contributed by atoms with Gasteiger partial charge in [-0.2, -0.15) is 0 Å². The van der Waals surface area contributed by atoms with Gasteiger partial charge in [0.1, 0.15) is 11.0 Å². The van der Waals surface area contributed by atoms with Crippen LogP contribution >= 0.6 is 22.9 Å². The average Bonchev–Trinajstić information content (AvgIpc) is 3.50. The van der Waals surface area contributed by atoms with E-state index in [0.29, 0.717) is 18.2 Å². The molecule has 0 atom stereocenters. The number of benzene rings is 4. The Morgan fingerprint density at radius 2 is 1.44 bits per heavy atom. The summed E-state index contributed by atoms with van der Waals surface area (Å²) >= 11 is 7.73. The van der Waals surface area contributed by atoms with Gasteiger partial charge in [-0.25, -0.2) is 9.37 Å². The van der Waals surface area contributed by atoms with Crippen LogP contribution in [0.15, 0.2) is 103 Å². The maximum atomic E-state index is 14.1. The first-order valence-corrected chi connectivity index (χ1v) is 16.9. The molecule has 0 radical (unpaired) electrons. The molecule has 6 aromatic rings. The van der Waals surface area contributed by atoms with Crippen LogP contribution in [-0.4, -0.2) is 25.0 Å². The van der Waals surface area contributed by atoms with Crippen LogP contribution in [0.3, 0.4) is 0 Å². The third kappa shape index (κ3) is 7.62. The molecule has 244 valence electrons. The first-order chi connectivity index (χ1) is 23.1. The van der Waals surface area contributed by atoms with Crippen LogP contribution in [0.4, 0.5) is 32.8 Å². The molecular formula is C39H37ClFN5OS. The summed E-state index contributed by atoms with van der Waals surface area (Å²) in [5.74, 6) is -0.437. The number of nitrogens with one attached hydrogen (secondary N) is 2. The van der Waals surface area contributed by atoms with E-state index in [2.05, 4.69) is 64.9 Å². The van der Waals surface area contributed by atoms with Gasteiger partial charge in [-0.1, -0.05) is 41.9 Å². The number of fused-ring (bicyclic) bond motifs is 1. The zero-order valence-corrected chi connectivity index (χ0v) is 28.9. The van der Waals surface area contributed by atoms with Crippen molar-refractivity contribution in [2.45, 2.75) is 33.4 Å². The molecule has 0 saturated heterocycles. The number of anilines is 5. The van der Waals surface area contributed by atoms with Crippen LogP contribution in [0.2, 0.25) is 5.15 Å². The Bertz CT molecular complexity index is 2060. The number of hydrogen-bond acceptors (Lipinski definition) is 6. The molecule has 4 aromatic carbocycles. The van der Waals surface area contributed by atoms with E-state index >= 15 is 0 Å². The second kappa shape index (κ2) is 14.5. The minimum atomic E-state index is -0.330. The van der Waals surface area contributed by atoms with Crippen molar-refractivity contribution in [1.29, 1.82) is 0 Å². The molecule has 0 aliphatic carbocycles. The normalized spacial score (nSPS) is 11.0. The molecule has 1 amide bonds.